The van der Waals surface area contributed by atoms with Crippen molar-refractivity contribution in [1.29, 1.82) is 0 Å². The van der Waals surface area contributed by atoms with Gasteiger partial charge < -0.3 is 28.8 Å². The zero-order chi connectivity index (χ0) is 23.0. The Balaban J connectivity index is -0.00000256. The van der Waals surface area contributed by atoms with Gasteiger partial charge in [0.05, 0.1) is 0 Å². The molecule has 1 aromatic rings. The van der Waals surface area contributed by atoms with E-state index in [1.807, 2.05) is 0 Å². The topological polar surface area (TPSA) is 159 Å². The van der Waals surface area contributed by atoms with Gasteiger partial charge in [-0.2, -0.15) is 0 Å². The number of aliphatic carboxylic acids is 1. The number of carbonyl (C=O) groups excluding carboxylic acids is 2. The summed E-state index contributed by atoms with van der Waals surface area (Å²) in [6.07, 6.45) is 0.688. The smallest absolute Gasteiger partial charge is 1.00 e. The minimum Gasteiger partial charge on any atom is -1.00 e. The number of carboxylic acid groups (broad SMARTS) is 1. The van der Waals surface area contributed by atoms with E-state index in [1.165, 1.54) is 6.92 Å². The predicted octanol–water partition coefficient (Wildman–Crippen LogP) is -4.23. The molecule has 1 aliphatic heterocycles. The molecule has 176 valence electrons. The number of hydrogen-bond donors (Lipinski definition) is 4. The van der Waals surface area contributed by atoms with Crippen molar-refractivity contribution >= 4 is 25.4 Å². The number of carbonyl (C=O) groups is 3. The van der Waals surface area contributed by atoms with Gasteiger partial charge in [-0.1, -0.05) is 18.2 Å². The molecule has 1 aliphatic rings. The Hall–Kier alpha value is -1.07. The molecule has 5 N–H and O–H groups in total. The molecular formula is C20H32Li2N3O7P. The quantitative estimate of drug-likeness (QED) is 0.144. The summed E-state index contributed by atoms with van der Waals surface area (Å²) in [5.41, 5.74) is 5.81. The van der Waals surface area contributed by atoms with Crippen LogP contribution in [0.15, 0.2) is 30.3 Å². The van der Waals surface area contributed by atoms with E-state index in [0.717, 1.165) is 4.90 Å². The summed E-state index contributed by atoms with van der Waals surface area (Å²) < 4.78 is 18.3. The first kappa shape index (κ1) is 31.9. The van der Waals surface area contributed by atoms with E-state index >= 15 is 0 Å². The molecule has 1 saturated heterocycles. The van der Waals surface area contributed by atoms with Gasteiger partial charge in [-0.3, -0.25) is 18.7 Å². The molecule has 10 nitrogen and oxygen atoms in total. The number of benzene rings is 1. The molecule has 0 radical (unpaired) electrons. The number of rotatable bonds is 11. The molecule has 0 spiro atoms. The molecule has 0 bridgehead atoms. The van der Waals surface area contributed by atoms with Crippen LogP contribution in [0.5, 0.6) is 0 Å². The Kier molecular flexibility index (Phi) is 14.6. The largest absolute Gasteiger partial charge is 1.00 e. The fourth-order valence-electron chi connectivity index (χ4n) is 3.49. The van der Waals surface area contributed by atoms with Crippen molar-refractivity contribution in [2.45, 2.75) is 57.0 Å². The first-order chi connectivity index (χ1) is 14.7. The molecule has 13 heteroatoms. The Morgan fingerprint density at radius 1 is 1.27 bits per heavy atom. The summed E-state index contributed by atoms with van der Waals surface area (Å²) in [5.74, 6) is -3.58. The third kappa shape index (κ3) is 9.24. The van der Waals surface area contributed by atoms with Crippen LogP contribution < -0.4 is 48.8 Å². The minimum absolute atomic E-state index is 0. The van der Waals surface area contributed by atoms with Crippen molar-refractivity contribution in [2.75, 3.05) is 13.1 Å². The van der Waals surface area contributed by atoms with Crippen LogP contribution in [0, 0.1) is 0 Å². The van der Waals surface area contributed by atoms with E-state index in [4.69, 9.17) is 10.3 Å². The van der Waals surface area contributed by atoms with Crippen molar-refractivity contribution in [3.05, 3.63) is 35.9 Å². The van der Waals surface area contributed by atoms with Crippen LogP contribution in [-0.4, -0.2) is 63.7 Å². The summed E-state index contributed by atoms with van der Waals surface area (Å²) in [7, 11) is -4.48. The molecule has 0 aliphatic carbocycles. The van der Waals surface area contributed by atoms with Gasteiger partial charge in [0.25, 0.3) is 11.8 Å². The maximum atomic E-state index is 13.0. The van der Waals surface area contributed by atoms with Crippen molar-refractivity contribution in [1.82, 2.24) is 10.2 Å². The van der Waals surface area contributed by atoms with E-state index in [0.29, 0.717) is 37.8 Å². The van der Waals surface area contributed by atoms with Crippen LogP contribution in [0.3, 0.4) is 0 Å². The van der Waals surface area contributed by atoms with Gasteiger partial charge in [-0.25, -0.2) is 4.79 Å². The number of hydrogen-bond acceptors (Lipinski definition) is 6. The molecule has 1 fully saturated rings. The fourth-order valence-corrected chi connectivity index (χ4v) is 4.97. The molecule has 1 aromatic carbocycles. The first-order valence-electron chi connectivity index (χ1n) is 10.3. The fraction of sp³-hybridized carbons (Fsp3) is 0.550. The van der Waals surface area contributed by atoms with Gasteiger partial charge in [-0.15, -0.1) is 0 Å². The van der Waals surface area contributed by atoms with Crippen LogP contribution in [0.2, 0.25) is 0 Å². The molecule has 3 unspecified atom stereocenters. The van der Waals surface area contributed by atoms with Gasteiger partial charge in [0.15, 0.2) is 0 Å². The molecule has 0 saturated carbocycles. The van der Waals surface area contributed by atoms with Crippen molar-refractivity contribution in [2.24, 2.45) is 5.73 Å². The van der Waals surface area contributed by atoms with E-state index < -0.39 is 43.3 Å². The summed E-state index contributed by atoms with van der Waals surface area (Å²) in [5, 5.41) is 11.8. The Labute approximate surface area is 220 Å². The Morgan fingerprint density at radius 2 is 1.91 bits per heavy atom. The van der Waals surface area contributed by atoms with Crippen molar-refractivity contribution in [3.8, 4) is 0 Å². The summed E-state index contributed by atoms with van der Waals surface area (Å²) in [6.45, 7) is 1.93. The monoisotopic (exact) mass is 471 g/mol. The second-order valence-electron chi connectivity index (χ2n) is 7.48. The SMILES string of the molecule is CC(OP(=O)(O)C(CCCCN)NC(=O)c1ccccc1)C(=O)N1CCC[C@H]1C(=O)O.[H-].[H-].[Li+].[Li+]. The number of nitrogens with zero attached hydrogens (tertiary/aromatic N) is 1. The van der Waals surface area contributed by atoms with E-state index in [2.05, 4.69) is 5.32 Å². The van der Waals surface area contributed by atoms with Crippen molar-refractivity contribution < 1.29 is 74.0 Å². The number of likely N-dealkylation sites (tertiary alicyclic amines) is 1. The zero-order valence-electron chi connectivity index (χ0n) is 21.5. The summed E-state index contributed by atoms with van der Waals surface area (Å²) in [6, 6.07) is 7.24. The maximum Gasteiger partial charge on any atom is 1.00 e. The van der Waals surface area contributed by atoms with E-state index in [1.54, 1.807) is 30.3 Å². The average molecular weight is 471 g/mol. The number of amides is 2. The zero-order valence-corrected chi connectivity index (χ0v) is 20.4. The number of carboxylic acids is 1. The minimum atomic E-state index is -4.48. The van der Waals surface area contributed by atoms with E-state index in [9.17, 15) is 28.9 Å². The second-order valence-corrected chi connectivity index (χ2v) is 9.44. The first-order valence-corrected chi connectivity index (χ1v) is 11.9. The Bertz CT molecular complexity index is 842. The van der Waals surface area contributed by atoms with Gasteiger partial charge in [0.1, 0.15) is 17.9 Å². The van der Waals surface area contributed by atoms with Crippen LogP contribution >= 0.6 is 7.60 Å². The van der Waals surface area contributed by atoms with Crippen LogP contribution in [0.1, 0.15) is 52.2 Å². The molecule has 0 aromatic heterocycles. The molecule has 1 heterocycles. The van der Waals surface area contributed by atoms with Crippen LogP contribution in [0.25, 0.3) is 0 Å². The van der Waals surface area contributed by atoms with Gasteiger partial charge in [0, 0.05) is 12.1 Å². The van der Waals surface area contributed by atoms with Gasteiger partial charge in [-0.05, 0) is 57.7 Å². The standard InChI is InChI=1S/C20H30N3O7P.2Li.2H/c1-14(19(25)23-13-7-10-16(23)20(26)27)30-31(28,29)17(11-5-6-12-21)22-18(24)15-8-3-2-4-9-15;;;;/h2-4,8-9,14,16-17H,5-7,10-13,21H2,1H3,(H,22,24)(H,26,27)(H,28,29);;;;/q;2*+1;2*-1/t14?,16-,17?;;;;/m0..../s1. The third-order valence-electron chi connectivity index (χ3n) is 5.14. The summed E-state index contributed by atoms with van der Waals surface area (Å²) in [4.78, 5) is 48.3. The molecule has 33 heavy (non-hydrogen) atoms. The van der Waals surface area contributed by atoms with Gasteiger partial charge in [0.2, 0.25) is 0 Å². The molecule has 4 atom stereocenters. The van der Waals surface area contributed by atoms with E-state index in [-0.39, 0.29) is 53.5 Å². The molecular weight excluding hydrogens is 439 g/mol. The Morgan fingerprint density at radius 3 is 2.48 bits per heavy atom. The predicted molar refractivity (Wildman–Crippen MR) is 116 cm³/mol. The molecule has 2 amide bonds. The maximum absolute atomic E-state index is 13.0. The number of nitrogens with two attached hydrogens (primary N) is 1. The summed E-state index contributed by atoms with van der Waals surface area (Å²) >= 11 is 0. The number of nitrogens with one attached hydrogen (secondary N) is 1. The van der Waals surface area contributed by atoms with Gasteiger partial charge >= 0.3 is 51.3 Å². The molecule has 2 rings (SSSR count). The third-order valence-corrected chi connectivity index (χ3v) is 6.93. The average Bonchev–Trinajstić information content (AvgIpc) is 3.23. The number of unbranched alkanes of at least 4 members (excludes halogenated alkanes) is 1. The second kappa shape index (κ2) is 15.0. The van der Waals surface area contributed by atoms with Crippen LogP contribution in [0.4, 0.5) is 0 Å². The van der Waals surface area contributed by atoms with Crippen LogP contribution in [-0.2, 0) is 18.7 Å². The normalized spacial score (nSPS) is 18.8. The van der Waals surface area contributed by atoms with Crippen molar-refractivity contribution in [3.63, 3.8) is 0 Å².